The van der Waals surface area contributed by atoms with Crippen LogP contribution in [0.25, 0.3) is 0 Å². The van der Waals surface area contributed by atoms with Gasteiger partial charge in [0.05, 0.1) is 4.90 Å². The van der Waals surface area contributed by atoms with E-state index in [1.54, 1.807) is 0 Å². The highest BCUT2D eigenvalue weighted by Gasteiger charge is 2.14. The predicted octanol–water partition coefficient (Wildman–Crippen LogP) is 0.953. The molecule has 102 valence electrons. The summed E-state index contributed by atoms with van der Waals surface area (Å²) in [6.07, 6.45) is 0. The van der Waals surface area contributed by atoms with Gasteiger partial charge < -0.3 is 5.32 Å². The predicted molar refractivity (Wildman–Crippen MR) is 68.4 cm³/mol. The van der Waals surface area contributed by atoms with Crippen molar-refractivity contribution in [3.8, 4) is 0 Å². The third-order valence-electron chi connectivity index (χ3n) is 1.94. The number of sulfonamides is 1. The fourth-order valence-electron chi connectivity index (χ4n) is 1.10. The summed E-state index contributed by atoms with van der Waals surface area (Å²) in [5, 5.41) is 2.41. The first-order valence-corrected chi connectivity index (χ1v) is 7.34. The Morgan fingerprint density at radius 1 is 1.37 bits per heavy atom. The van der Waals surface area contributed by atoms with Gasteiger partial charge in [0, 0.05) is 11.3 Å². The zero-order valence-electron chi connectivity index (χ0n) is 9.82. The van der Waals surface area contributed by atoms with E-state index in [0.717, 1.165) is 6.07 Å². The first-order valence-electron chi connectivity index (χ1n) is 4.86. The minimum atomic E-state index is -4.30. The number of nitrogens with zero attached hydrogens (tertiary/aromatic N) is 1. The van der Waals surface area contributed by atoms with E-state index >= 15 is 0 Å². The number of carbonyl (C=O) groups excluding carboxylic acids is 1. The highest BCUT2D eigenvalue weighted by molar-refractivity contribution is 7.94. The van der Waals surface area contributed by atoms with Crippen LogP contribution >= 0.6 is 0 Å². The number of anilines is 1. The van der Waals surface area contributed by atoms with Crippen LogP contribution in [0.4, 0.5) is 5.69 Å². The Hall–Kier alpha value is -2.00. The van der Waals surface area contributed by atoms with E-state index in [9.17, 15) is 21.6 Å². The quantitative estimate of drug-likeness (QED) is 0.833. The molecule has 0 aromatic heterocycles. The number of hydrogen-bond donors (Lipinski definition) is 1. The molecule has 1 N–H and O–H groups in total. The summed E-state index contributed by atoms with van der Waals surface area (Å²) in [7, 11) is -7.37. The molecule has 1 rings (SSSR count). The van der Waals surface area contributed by atoms with Gasteiger partial charge in [-0.1, -0.05) is 12.6 Å². The molecular formula is C10H10N2O5S2. The summed E-state index contributed by atoms with van der Waals surface area (Å²) in [6, 6.07) is 5.08. The fourth-order valence-corrected chi connectivity index (χ4v) is 2.61. The molecule has 9 heteroatoms. The minimum absolute atomic E-state index is 0.195. The summed E-state index contributed by atoms with van der Waals surface area (Å²) in [4.78, 5) is 11.0. The molecule has 0 aliphatic rings. The smallest absolute Gasteiger partial charge is 0.322 e. The van der Waals surface area contributed by atoms with Gasteiger partial charge in [0.1, 0.15) is 0 Å². The van der Waals surface area contributed by atoms with Gasteiger partial charge in [0.2, 0.25) is 0 Å². The largest absolute Gasteiger partial charge is 0.327 e. The summed E-state index contributed by atoms with van der Waals surface area (Å²) >= 11 is 0. The number of nitrogens with one attached hydrogen (secondary N) is 1. The van der Waals surface area contributed by atoms with Crippen molar-refractivity contribution in [1.82, 2.24) is 0 Å². The molecule has 0 aliphatic heterocycles. The topological polar surface area (TPSA) is 110 Å². The van der Waals surface area contributed by atoms with Crippen molar-refractivity contribution < 1.29 is 21.6 Å². The molecule has 0 unspecified atom stereocenters. The van der Waals surface area contributed by atoms with Gasteiger partial charge in [-0.3, -0.25) is 4.79 Å². The van der Waals surface area contributed by atoms with Crippen molar-refractivity contribution in [1.29, 1.82) is 0 Å². The number of amides is 1. The molecule has 1 amide bonds. The Balaban J connectivity index is 3.18. The zero-order valence-corrected chi connectivity index (χ0v) is 11.5. The molecule has 0 bridgehead atoms. The fraction of sp³-hybridized carbons (Fsp3) is 0.100. The second kappa shape index (κ2) is 5.76. The molecule has 0 aliphatic carbocycles. The highest BCUT2D eigenvalue weighted by atomic mass is 32.2. The molecule has 0 saturated carbocycles. The van der Waals surface area contributed by atoms with Crippen LogP contribution in [0.5, 0.6) is 0 Å². The Bertz CT molecular complexity index is 755. The second-order valence-corrected chi connectivity index (χ2v) is 5.98. The Morgan fingerprint density at radius 3 is 2.53 bits per heavy atom. The van der Waals surface area contributed by atoms with Crippen LogP contribution in [0, 0.1) is 0 Å². The van der Waals surface area contributed by atoms with Crippen LogP contribution in [0.3, 0.4) is 0 Å². The summed E-state index contributed by atoms with van der Waals surface area (Å²) in [5.74, 6) is -0.473. The normalized spacial score (nSPS) is 10.6. The van der Waals surface area contributed by atoms with Crippen LogP contribution in [-0.4, -0.2) is 22.7 Å². The summed E-state index contributed by atoms with van der Waals surface area (Å²) in [5.41, 5.74) is 0.444. The zero-order chi connectivity index (χ0) is 14.6. The summed E-state index contributed by atoms with van der Waals surface area (Å²) in [6.45, 7) is 4.92. The van der Waals surface area contributed by atoms with Crippen molar-refractivity contribution >= 4 is 32.1 Å². The number of hydrogen-bond acceptors (Lipinski definition) is 5. The molecule has 1 aromatic rings. The van der Waals surface area contributed by atoms with Gasteiger partial charge in [-0.2, -0.15) is 16.8 Å². The second-order valence-electron chi connectivity index (χ2n) is 3.53. The average molecular weight is 302 g/mol. The summed E-state index contributed by atoms with van der Waals surface area (Å²) < 4.78 is 46.3. The molecule has 0 saturated heterocycles. The van der Waals surface area contributed by atoms with E-state index in [1.165, 1.54) is 25.1 Å². The standard InChI is InChI=1S/C10H10N2O5S2/c1-7(2)10(13)11-8-4-3-5-9(6-8)19(16,17)12-18(14)15/h3-6H,1H2,2H3,(H,11,13). The van der Waals surface area contributed by atoms with Crippen molar-refractivity contribution in [2.24, 2.45) is 3.77 Å². The van der Waals surface area contributed by atoms with E-state index in [2.05, 4.69) is 15.7 Å². The maximum Gasteiger partial charge on any atom is 0.327 e. The van der Waals surface area contributed by atoms with E-state index in [0.29, 0.717) is 0 Å². The molecule has 0 atom stereocenters. The lowest BCUT2D eigenvalue weighted by molar-refractivity contribution is -0.112. The Kier molecular flexibility index (Phi) is 4.57. The molecular weight excluding hydrogens is 292 g/mol. The lowest BCUT2D eigenvalue weighted by Gasteiger charge is -2.05. The Morgan fingerprint density at radius 2 is 2.00 bits per heavy atom. The van der Waals surface area contributed by atoms with Gasteiger partial charge in [-0.05, 0) is 28.9 Å². The third kappa shape index (κ3) is 4.30. The van der Waals surface area contributed by atoms with Crippen molar-refractivity contribution in [3.63, 3.8) is 0 Å². The van der Waals surface area contributed by atoms with Gasteiger partial charge in [-0.15, -0.1) is 0 Å². The van der Waals surface area contributed by atoms with Crippen LogP contribution in [0.2, 0.25) is 0 Å². The van der Waals surface area contributed by atoms with Crippen LogP contribution in [-0.2, 0) is 25.3 Å². The van der Waals surface area contributed by atoms with E-state index < -0.39 is 26.4 Å². The monoisotopic (exact) mass is 302 g/mol. The van der Waals surface area contributed by atoms with Crippen LogP contribution in [0.15, 0.2) is 45.1 Å². The van der Waals surface area contributed by atoms with E-state index in [1.807, 2.05) is 0 Å². The first kappa shape index (κ1) is 15.1. The maximum atomic E-state index is 11.5. The van der Waals surface area contributed by atoms with Gasteiger partial charge in [0.25, 0.3) is 15.9 Å². The molecule has 7 nitrogen and oxygen atoms in total. The molecule has 0 radical (unpaired) electrons. The highest BCUT2D eigenvalue weighted by Crippen LogP contribution is 2.17. The van der Waals surface area contributed by atoms with Crippen LogP contribution < -0.4 is 5.32 Å². The number of rotatable bonds is 4. The number of benzene rings is 1. The molecule has 0 fully saturated rings. The minimum Gasteiger partial charge on any atom is -0.322 e. The van der Waals surface area contributed by atoms with E-state index in [-0.39, 0.29) is 16.2 Å². The van der Waals surface area contributed by atoms with Gasteiger partial charge >= 0.3 is 10.5 Å². The lowest BCUT2D eigenvalue weighted by Crippen LogP contribution is -2.12. The third-order valence-corrected chi connectivity index (χ3v) is 4.06. The molecule has 1 aromatic carbocycles. The van der Waals surface area contributed by atoms with Crippen molar-refractivity contribution in [2.75, 3.05) is 5.32 Å². The first-order chi connectivity index (χ1) is 8.72. The Labute approximate surface area is 111 Å². The molecule has 19 heavy (non-hydrogen) atoms. The average Bonchev–Trinajstić information content (AvgIpc) is 2.27. The van der Waals surface area contributed by atoms with Crippen molar-refractivity contribution in [3.05, 3.63) is 36.4 Å². The molecule has 0 heterocycles. The van der Waals surface area contributed by atoms with Crippen LogP contribution in [0.1, 0.15) is 6.92 Å². The maximum absolute atomic E-state index is 11.5. The molecule has 0 spiro atoms. The van der Waals surface area contributed by atoms with E-state index in [4.69, 9.17) is 0 Å². The number of carbonyl (C=O) groups is 1. The van der Waals surface area contributed by atoms with Gasteiger partial charge in [-0.25, -0.2) is 0 Å². The lowest BCUT2D eigenvalue weighted by atomic mass is 10.3. The van der Waals surface area contributed by atoms with Crippen molar-refractivity contribution in [2.45, 2.75) is 11.8 Å². The SMILES string of the molecule is C=C(C)C(=O)Nc1cccc(S(=O)(=O)N=S(=O)=O)c1. The van der Waals surface area contributed by atoms with Gasteiger partial charge in [0.15, 0.2) is 0 Å².